The number of rotatable bonds is 6. The van der Waals surface area contributed by atoms with Crippen molar-refractivity contribution < 1.29 is 18.7 Å². The zero-order chi connectivity index (χ0) is 18.7. The zero-order valence-corrected chi connectivity index (χ0v) is 15.5. The van der Waals surface area contributed by atoms with E-state index >= 15 is 0 Å². The van der Waals surface area contributed by atoms with Crippen molar-refractivity contribution in [2.75, 3.05) is 19.0 Å². The molecule has 1 aliphatic heterocycles. The second kappa shape index (κ2) is 7.92. The number of likely N-dealkylation sites (tertiary alicyclic amines) is 1. The van der Waals surface area contributed by atoms with Gasteiger partial charge in [0.1, 0.15) is 12.4 Å². The Morgan fingerprint density at radius 1 is 1.46 bits per heavy atom. The number of ether oxygens (including phenoxy) is 2. The minimum atomic E-state index is -0.546. The van der Waals surface area contributed by atoms with Gasteiger partial charge in [-0.2, -0.15) is 9.37 Å². The van der Waals surface area contributed by atoms with Crippen molar-refractivity contribution in [3.05, 3.63) is 23.2 Å². The van der Waals surface area contributed by atoms with E-state index in [1.165, 1.54) is 20.4 Å². The van der Waals surface area contributed by atoms with Gasteiger partial charge in [0, 0.05) is 32.5 Å². The molecular formula is C16H20FN5O3S. The number of nitrogens with one attached hydrogen (secondary N) is 1. The second-order valence-corrected chi connectivity index (χ2v) is 7.15. The number of carbonyl (C=O) groups excluding carboxylic acids is 1. The maximum absolute atomic E-state index is 14.0. The highest BCUT2D eigenvalue weighted by Crippen LogP contribution is 2.28. The molecule has 3 heterocycles. The number of thiazole rings is 1. The summed E-state index contributed by atoms with van der Waals surface area (Å²) in [6, 6.07) is 1.85. The van der Waals surface area contributed by atoms with Crippen molar-refractivity contribution in [1.29, 1.82) is 0 Å². The summed E-state index contributed by atoms with van der Waals surface area (Å²) >= 11 is 1.15. The van der Waals surface area contributed by atoms with E-state index in [4.69, 9.17) is 9.47 Å². The standard InChI is InChI=1S/C16H20FN5O3S/c1-9-4-11(25-14-5-13(24-3)18-8-19-14)6-22(9)7-12-15(17)21-16(26-12)20-10(2)23/h5,8-9,11H,4,6-7H2,1-3H3,(H,20,21,23)/t9-,11+/m1/s1. The van der Waals surface area contributed by atoms with Crippen LogP contribution in [0.3, 0.4) is 0 Å². The molecule has 10 heteroatoms. The summed E-state index contributed by atoms with van der Waals surface area (Å²) in [7, 11) is 1.53. The van der Waals surface area contributed by atoms with Crippen LogP contribution in [0.4, 0.5) is 9.52 Å². The molecule has 1 N–H and O–H groups in total. The van der Waals surface area contributed by atoms with Crippen LogP contribution >= 0.6 is 11.3 Å². The third kappa shape index (κ3) is 4.44. The van der Waals surface area contributed by atoms with Crippen LogP contribution < -0.4 is 14.8 Å². The Labute approximate surface area is 154 Å². The Balaban J connectivity index is 1.62. The first-order valence-electron chi connectivity index (χ1n) is 8.14. The molecule has 0 radical (unpaired) electrons. The number of hydrogen-bond acceptors (Lipinski definition) is 8. The molecule has 0 unspecified atom stereocenters. The van der Waals surface area contributed by atoms with Crippen LogP contribution in [-0.2, 0) is 11.3 Å². The molecule has 0 aliphatic carbocycles. The van der Waals surface area contributed by atoms with E-state index < -0.39 is 5.95 Å². The Hall–Kier alpha value is -2.33. The summed E-state index contributed by atoms with van der Waals surface area (Å²) in [6.45, 7) is 4.49. The number of methoxy groups -OCH3 is 1. The summed E-state index contributed by atoms with van der Waals surface area (Å²) in [5.41, 5.74) is 0. The molecule has 0 saturated carbocycles. The van der Waals surface area contributed by atoms with E-state index in [2.05, 4.69) is 32.1 Å². The van der Waals surface area contributed by atoms with Gasteiger partial charge in [-0.25, -0.2) is 9.97 Å². The highest BCUT2D eigenvalue weighted by Gasteiger charge is 2.32. The molecule has 3 rings (SSSR count). The first-order valence-corrected chi connectivity index (χ1v) is 8.95. The van der Waals surface area contributed by atoms with E-state index in [0.29, 0.717) is 29.7 Å². The molecule has 1 amide bonds. The van der Waals surface area contributed by atoms with Gasteiger partial charge in [-0.1, -0.05) is 11.3 Å². The first kappa shape index (κ1) is 18.5. The molecule has 8 nitrogen and oxygen atoms in total. The summed E-state index contributed by atoms with van der Waals surface area (Å²) < 4.78 is 25.0. The quantitative estimate of drug-likeness (QED) is 0.819. The SMILES string of the molecule is COc1cc(O[C@H]2C[C@@H](C)N(Cc3sc(NC(C)=O)nc3F)C2)ncn1. The second-order valence-electron chi connectivity index (χ2n) is 6.07. The van der Waals surface area contributed by atoms with Crippen LogP contribution in [0.2, 0.25) is 0 Å². The maximum Gasteiger partial charge on any atom is 0.230 e. The average molecular weight is 381 g/mol. The van der Waals surface area contributed by atoms with Gasteiger partial charge in [-0.15, -0.1) is 0 Å². The van der Waals surface area contributed by atoms with Crippen molar-refractivity contribution in [1.82, 2.24) is 19.9 Å². The number of hydrogen-bond donors (Lipinski definition) is 1. The van der Waals surface area contributed by atoms with Crippen LogP contribution in [0.1, 0.15) is 25.1 Å². The predicted molar refractivity (Wildman–Crippen MR) is 93.9 cm³/mol. The molecule has 1 aliphatic rings. The monoisotopic (exact) mass is 381 g/mol. The number of anilines is 1. The lowest BCUT2D eigenvalue weighted by Crippen LogP contribution is -2.28. The fourth-order valence-corrected chi connectivity index (χ4v) is 3.75. The first-order chi connectivity index (χ1) is 12.4. The van der Waals surface area contributed by atoms with E-state index in [-0.39, 0.29) is 23.2 Å². The molecule has 0 aromatic carbocycles. The number of amides is 1. The Morgan fingerprint density at radius 2 is 2.23 bits per heavy atom. The maximum atomic E-state index is 14.0. The Kier molecular flexibility index (Phi) is 5.62. The van der Waals surface area contributed by atoms with Gasteiger partial charge in [0.2, 0.25) is 23.6 Å². The topological polar surface area (TPSA) is 89.5 Å². The van der Waals surface area contributed by atoms with Gasteiger partial charge in [-0.05, 0) is 6.92 Å². The fourth-order valence-electron chi connectivity index (χ4n) is 2.84. The number of halogens is 1. The van der Waals surface area contributed by atoms with Gasteiger partial charge in [0.25, 0.3) is 0 Å². The van der Waals surface area contributed by atoms with Gasteiger partial charge in [-0.3, -0.25) is 9.69 Å². The summed E-state index contributed by atoms with van der Waals surface area (Å²) in [4.78, 5) is 25.5. The van der Waals surface area contributed by atoms with Gasteiger partial charge in [0.05, 0.1) is 18.1 Å². The highest BCUT2D eigenvalue weighted by molar-refractivity contribution is 7.15. The molecule has 2 aromatic heterocycles. The molecule has 1 saturated heterocycles. The van der Waals surface area contributed by atoms with E-state index in [1.807, 2.05) is 0 Å². The van der Waals surface area contributed by atoms with Gasteiger partial charge in [0.15, 0.2) is 5.13 Å². The lowest BCUT2D eigenvalue weighted by Gasteiger charge is -2.19. The van der Waals surface area contributed by atoms with Gasteiger partial charge < -0.3 is 14.8 Å². The molecule has 1 fully saturated rings. The largest absolute Gasteiger partial charge is 0.481 e. The van der Waals surface area contributed by atoms with Crippen LogP contribution in [-0.4, -0.2) is 51.6 Å². The highest BCUT2D eigenvalue weighted by atomic mass is 32.1. The summed E-state index contributed by atoms with van der Waals surface area (Å²) in [6.07, 6.45) is 2.13. The van der Waals surface area contributed by atoms with E-state index in [9.17, 15) is 9.18 Å². The zero-order valence-electron chi connectivity index (χ0n) is 14.7. The summed E-state index contributed by atoms with van der Waals surface area (Å²) in [5.74, 6) is 0.0763. The molecule has 26 heavy (non-hydrogen) atoms. The van der Waals surface area contributed by atoms with E-state index in [1.54, 1.807) is 6.07 Å². The van der Waals surface area contributed by atoms with Crippen LogP contribution in [0.25, 0.3) is 0 Å². The third-order valence-electron chi connectivity index (χ3n) is 4.06. The smallest absolute Gasteiger partial charge is 0.230 e. The molecule has 2 atom stereocenters. The molecule has 0 bridgehead atoms. The molecule has 2 aromatic rings. The molecular weight excluding hydrogens is 361 g/mol. The van der Waals surface area contributed by atoms with Crippen molar-refractivity contribution in [2.45, 2.75) is 39.0 Å². The van der Waals surface area contributed by atoms with Gasteiger partial charge >= 0.3 is 0 Å². The Bertz CT molecular complexity index is 787. The predicted octanol–water partition coefficient (Wildman–Crippen LogP) is 2.08. The fraction of sp³-hybridized carbons (Fsp3) is 0.500. The van der Waals surface area contributed by atoms with Crippen molar-refractivity contribution in [3.63, 3.8) is 0 Å². The number of nitrogens with zero attached hydrogens (tertiary/aromatic N) is 4. The number of aromatic nitrogens is 3. The minimum Gasteiger partial charge on any atom is -0.481 e. The summed E-state index contributed by atoms with van der Waals surface area (Å²) in [5, 5.41) is 2.79. The lowest BCUT2D eigenvalue weighted by atomic mass is 10.2. The van der Waals surface area contributed by atoms with Crippen LogP contribution in [0.15, 0.2) is 12.4 Å². The number of carbonyl (C=O) groups is 1. The van der Waals surface area contributed by atoms with Crippen LogP contribution in [0.5, 0.6) is 11.8 Å². The lowest BCUT2D eigenvalue weighted by molar-refractivity contribution is -0.114. The molecule has 0 spiro atoms. The Morgan fingerprint density at radius 3 is 2.96 bits per heavy atom. The van der Waals surface area contributed by atoms with Crippen molar-refractivity contribution in [3.8, 4) is 11.8 Å². The van der Waals surface area contributed by atoms with Crippen molar-refractivity contribution in [2.24, 2.45) is 0 Å². The third-order valence-corrected chi connectivity index (χ3v) is 4.99. The minimum absolute atomic E-state index is 0.0598. The normalized spacial score (nSPS) is 20.2. The molecule has 140 valence electrons. The van der Waals surface area contributed by atoms with E-state index in [0.717, 1.165) is 17.8 Å². The average Bonchev–Trinajstić information content (AvgIpc) is 3.09. The van der Waals surface area contributed by atoms with Crippen LogP contribution in [0, 0.1) is 5.95 Å². The van der Waals surface area contributed by atoms with Crippen molar-refractivity contribution >= 4 is 22.4 Å².